The molecule has 232 valence electrons. The summed E-state index contributed by atoms with van der Waals surface area (Å²) >= 11 is 0. The normalized spacial score (nSPS) is 10.1. The molecule has 0 aliphatic rings. The standard InChI is InChI=1S/C15H23N3O4.C13H17N3O3.BH.U/c1-5-11(17-12-9-10-16-18(12)6-2)13(14(19)21-7-3)15(20)22-8-4;1-4-9-10(13(18)19-6-3)11(17)8-7-14-16(5-2)12(8)15-9;;/h9-10,17H,5-8H2,1-4H3;7H,4-6H2,1-3H3,(H,15,17);1H;/i;;1D;. The number of nitrogens with one attached hydrogen (secondary N) is 2. The number of aromatic nitrogens is 5. The molecule has 0 saturated carbocycles. The van der Waals surface area contributed by atoms with Crippen molar-refractivity contribution in [1.29, 1.82) is 1.34 Å². The number of H-pyrrole nitrogens is 1. The predicted octanol–water partition coefficient (Wildman–Crippen LogP) is 2.94. The fraction of sp³-hybridized carbons (Fsp3) is 0.500. The van der Waals surface area contributed by atoms with Crippen LogP contribution in [0.15, 0.2) is 34.5 Å². The molecule has 0 atom stereocenters. The maximum Gasteiger partial charge on any atom is 0.347 e. The van der Waals surface area contributed by atoms with E-state index in [9.17, 15) is 19.2 Å². The van der Waals surface area contributed by atoms with Gasteiger partial charge in [-0.2, -0.15) is 10.2 Å². The fourth-order valence-electron chi connectivity index (χ4n) is 3.99. The Morgan fingerprint density at radius 3 is 2.00 bits per heavy atom. The zero-order valence-electron chi connectivity index (χ0n) is 26.9. The van der Waals surface area contributed by atoms with Gasteiger partial charge in [-0.25, -0.2) is 23.7 Å². The van der Waals surface area contributed by atoms with E-state index in [2.05, 4.69) is 28.9 Å². The average molecular weight is 824 g/mol. The summed E-state index contributed by atoms with van der Waals surface area (Å²) in [6.07, 6.45) is 4.13. The van der Waals surface area contributed by atoms with Crippen molar-refractivity contribution in [3.63, 3.8) is 0 Å². The molecule has 3 aromatic heterocycles. The Bertz CT molecular complexity index is 1430. The molecular weight excluding hydrogens is 781 g/mol. The third-order valence-electron chi connectivity index (χ3n) is 5.92. The first-order chi connectivity index (χ1) is 20.7. The van der Waals surface area contributed by atoms with Crippen molar-refractivity contribution in [1.82, 2.24) is 24.5 Å². The molecule has 0 aliphatic heterocycles. The van der Waals surface area contributed by atoms with E-state index < -0.39 is 17.9 Å². The SMILES string of the molecule is CCOC(=O)C(C(=O)OCC)=C(CC)Nc1ccnn1CC.CCOC(=O)c1c(CC)[nH]c2c(cnn2CC)c1=O.[2H][B].[U]. The Hall–Kier alpha value is -3.30. The number of esters is 3. The number of hydrogen-bond donors (Lipinski definition) is 2. The van der Waals surface area contributed by atoms with Crippen LogP contribution < -0.4 is 10.7 Å². The Morgan fingerprint density at radius 2 is 1.51 bits per heavy atom. The number of nitrogens with zero attached hydrogens (tertiary/aromatic N) is 4. The van der Waals surface area contributed by atoms with Gasteiger partial charge in [0.2, 0.25) is 5.43 Å². The van der Waals surface area contributed by atoms with E-state index in [1.165, 1.54) is 6.20 Å². The van der Waals surface area contributed by atoms with Crippen molar-refractivity contribution in [2.75, 3.05) is 25.1 Å². The van der Waals surface area contributed by atoms with Gasteiger partial charge >= 0.3 is 17.9 Å². The third-order valence-corrected chi connectivity index (χ3v) is 5.92. The fourth-order valence-corrected chi connectivity index (χ4v) is 3.99. The van der Waals surface area contributed by atoms with E-state index >= 15 is 0 Å². The smallest absolute Gasteiger partial charge is 0.347 e. The van der Waals surface area contributed by atoms with Crippen molar-refractivity contribution in [2.24, 2.45) is 0 Å². The molecule has 0 saturated heterocycles. The van der Waals surface area contributed by atoms with Gasteiger partial charge in [-0.05, 0) is 48.8 Å². The molecule has 3 aromatic rings. The van der Waals surface area contributed by atoms with Gasteiger partial charge in [0.25, 0.3) is 0 Å². The number of carbonyl (C=O) groups is 3. The maximum absolute atomic E-state index is 12.4. The molecule has 2 radical (unpaired) electrons. The number of hydrogen-bond acceptors (Lipinski definition) is 10. The number of anilines is 1. The van der Waals surface area contributed by atoms with Crippen LogP contribution in [-0.4, -0.2) is 72.0 Å². The van der Waals surface area contributed by atoms with Crippen LogP contribution in [0.1, 0.15) is 70.9 Å². The molecule has 0 aromatic carbocycles. The van der Waals surface area contributed by atoms with Gasteiger partial charge in [0.05, 0.1) is 37.6 Å². The van der Waals surface area contributed by atoms with E-state index in [0.29, 0.717) is 54.2 Å². The van der Waals surface area contributed by atoms with Crippen molar-refractivity contribution < 1.29 is 59.7 Å². The van der Waals surface area contributed by atoms with E-state index in [1.54, 1.807) is 42.4 Å². The number of fused-ring (bicyclic) bond motifs is 1. The van der Waals surface area contributed by atoms with Gasteiger partial charge in [0.1, 0.15) is 17.0 Å². The first kappa shape index (κ1) is 37.7. The first-order valence-corrected chi connectivity index (χ1v) is 13.9. The van der Waals surface area contributed by atoms with E-state index in [0.717, 1.165) is 0 Å². The Kier molecular flexibility index (Phi) is 17.4. The summed E-state index contributed by atoms with van der Waals surface area (Å²) in [5.41, 5.74) is 1.36. The van der Waals surface area contributed by atoms with Gasteiger partial charge in [-0.15, -0.1) is 0 Å². The summed E-state index contributed by atoms with van der Waals surface area (Å²) in [4.78, 5) is 51.6. The van der Waals surface area contributed by atoms with Crippen LogP contribution in [0.3, 0.4) is 0 Å². The minimum atomic E-state index is -0.687. The number of carbonyl (C=O) groups excluding carboxylic acids is 3. The molecule has 43 heavy (non-hydrogen) atoms. The van der Waals surface area contributed by atoms with Crippen LogP contribution >= 0.6 is 0 Å². The van der Waals surface area contributed by atoms with Gasteiger partial charge in [0, 0.05) is 70.0 Å². The second kappa shape index (κ2) is 19.8. The van der Waals surface area contributed by atoms with E-state index in [4.69, 9.17) is 15.5 Å². The van der Waals surface area contributed by atoms with Crippen molar-refractivity contribution >= 4 is 43.1 Å². The monoisotopic (exact) mass is 823 g/mol. The number of rotatable bonds is 12. The molecule has 0 fully saturated rings. The van der Waals surface area contributed by atoms with Gasteiger partial charge in [0.15, 0.2) is 5.57 Å². The van der Waals surface area contributed by atoms with Crippen LogP contribution in [-0.2, 0) is 43.3 Å². The van der Waals surface area contributed by atoms with Crippen LogP contribution in [0, 0.1) is 31.1 Å². The molecule has 3 rings (SSSR count). The van der Waals surface area contributed by atoms with Crippen LogP contribution in [0.25, 0.3) is 11.0 Å². The van der Waals surface area contributed by atoms with Crippen molar-refractivity contribution in [3.05, 3.63) is 51.2 Å². The molecule has 0 spiro atoms. The Balaban J connectivity index is 0.000000784. The number of allylic oxidation sites excluding steroid dienone is 1. The molecule has 0 aliphatic carbocycles. The molecular formula is C28H41BN6O7U. The molecule has 0 bridgehead atoms. The molecule has 13 nitrogen and oxygen atoms in total. The quantitative estimate of drug-likeness (QED) is 0.0695. The van der Waals surface area contributed by atoms with E-state index in [-0.39, 0.29) is 67.5 Å². The molecule has 2 N–H and O–H groups in total. The predicted molar refractivity (Wildman–Crippen MR) is 161 cm³/mol. The Morgan fingerprint density at radius 1 is 0.930 bits per heavy atom. The topological polar surface area (TPSA) is 159 Å². The third kappa shape index (κ3) is 9.86. The summed E-state index contributed by atoms with van der Waals surface area (Å²) < 4.78 is 23.6. The summed E-state index contributed by atoms with van der Waals surface area (Å²) in [5.74, 6) is -1.25. The first-order valence-electron chi connectivity index (χ1n) is 14.4. The molecule has 3 heterocycles. The minimum Gasteiger partial charge on any atom is -0.462 e. The van der Waals surface area contributed by atoms with Crippen molar-refractivity contribution in [3.8, 4) is 0 Å². The largest absolute Gasteiger partial charge is 0.462 e. The average Bonchev–Trinajstić information content (AvgIpc) is 3.64. The second-order valence-electron chi connectivity index (χ2n) is 8.41. The molecule has 0 unspecified atom stereocenters. The molecule has 15 heteroatoms. The summed E-state index contributed by atoms with van der Waals surface area (Å²) in [6, 6.07) is 1.77. The number of pyridine rings is 1. The van der Waals surface area contributed by atoms with Crippen LogP contribution in [0.2, 0.25) is 0 Å². The summed E-state index contributed by atoms with van der Waals surface area (Å²) in [6.45, 7) is 14.6. The molecule has 0 amide bonds. The second-order valence-corrected chi connectivity index (χ2v) is 8.41. The Labute approximate surface area is 278 Å². The zero-order valence-corrected chi connectivity index (χ0v) is 30.1. The summed E-state index contributed by atoms with van der Waals surface area (Å²) in [5, 5.41) is 11.8. The zero-order chi connectivity index (χ0) is 32.5. The van der Waals surface area contributed by atoms with Crippen LogP contribution in [0.4, 0.5) is 5.82 Å². The van der Waals surface area contributed by atoms with Gasteiger partial charge in [-0.1, -0.05) is 13.8 Å². The van der Waals surface area contributed by atoms with Crippen molar-refractivity contribution in [2.45, 2.75) is 74.4 Å². The summed E-state index contributed by atoms with van der Waals surface area (Å²) in [7, 11) is 3.75. The van der Waals surface area contributed by atoms with Gasteiger partial charge < -0.3 is 24.5 Å². The van der Waals surface area contributed by atoms with Crippen LogP contribution in [0.5, 0.6) is 0 Å². The van der Waals surface area contributed by atoms with Gasteiger partial charge in [-0.3, -0.25) is 4.79 Å². The number of aryl methyl sites for hydroxylation is 3. The minimum absolute atomic E-state index is 0. The number of aromatic amines is 1. The van der Waals surface area contributed by atoms with E-state index in [1.807, 2.05) is 27.7 Å². The number of ether oxygens (including phenoxy) is 3. The maximum atomic E-state index is 12.4.